The van der Waals surface area contributed by atoms with E-state index in [1.807, 2.05) is 0 Å². The average molecular weight is 764 g/mol. The van der Waals surface area contributed by atoms with E-state index >= 15 is 0 Å². The van der Waals surface area contributed by atoms with Crippen molar-refractivity contribution in [3.05, 3.63) is 137 Å². The molecular weight excluding hydrogens is 703 g/mol. The highest BCUT2D eigenvalue weighted by molar-refractivity contribution is 5.81. The molecule has 1 heterocycles. The van der Waals surface area contributed by atoms with E-state index in [9.17, 15) is 0 Å². The van der Waals surface area contributed by atoms with Crippen molar-refractivity contribution in [2.45, 2.75) is 134 Å². The zero-order chi connectivity index (χ0) is 39.8. The first-order chi connectivity index (χ1) is 27.6. The molecule has 2 bridgehead atoms. The number of hydrogen-bond donors (Lipinski definition) is 0. The Bertz CT molecular complexity index is 2480. The van der Waals surface area contributed by atoms with Crippen molar-refractivity contribution in [2.75, 3.05) is 4.90 Å². The topological polar surface area (TPSA) is 12.5 Å². The summed E-state index contributed by atoms with van der Waals surface area (Å²) >= 11 is 0. The van der Waals surface area contributed by atoms with Crippen molar-refractivity contribution in [1.82, 2.24) is 0 Å². The smallest absolute Gasteiger partial charge is 0.132 e. The van der Waals surface area contributed by atoms with Crippen LogP contribution < -0.4 is 9.64 Å². The normalized spacial score (nSPS) is 31.4. The summed E-state index contributed by atoms with van der Waals surface area (Å²) < 4.78 is 7.14. The minimum Gasteiger partial charge on any atom is -0.457 e. The van der Waals surface area contributed by atoms with Crippen LogP contribution in [-0.4, -0.2) is 0 Å². The lowest BCUT2D eigenvalue weighted by atomic mass is 9.26. The maximum absolute atomic E-state index is 7.14. The van der Waals surface area contributed by atoms with Gasteiger partial charge in [0.15, 0.2) is 0 Å². The molecule has 7 aliphatic rings. The Morgan fingerprint density at radius 2 is 1.00 bits per heavy atom. The molecule has 6 aliphatic carbocycles. The molecule has 0 amide bonds. The highest BCUT2D eigenvalue weighted by Crippen LogP contribution is 2.89. The number of nitrogens with zero attached hydrogens (tertiary/aromatic N) is 1. The number of benzene rings is 5. The Morgan fingerprint density at radius 1 is 0.466 bits per heavy atom. The molecule has 58 heavy (non-hydrogen) atoms. The van der Waals surface area contributed by atoms with Crippen molar-refractivity contribution in [3.63, 3.8) is 0 Å². The monoisotopic (exact) mass is 763 g/mol. The number of hydrogen-bond acceptors (Lipinski definition) is 2. The summed E-state index contributed by atoms with van der Waals surface area (Å²) in [6.45, 7) is 19.6. The SMILES string of the molecule is CC1(C)CCC(C)(C)c2cc(N(c3ccc4c(c3)C(C)(C)CCC4(C)C)c3ccc4c(c3)C3(c5ccc(-c6ccccc6)cc5O4)C4CC5CC6CC3C64C5)ccc21. The molecule has 0 saturated heterocycles. The minimum atomic E-state index is -0.00474. The van der Waals surface area contributed by atoms with Gasteiger partial charge in [0.1, 0.15) is 11.5 Å². The zero-order valence-corrected chi connectivity index (χ0v) is 36.1. The van der Waals surface area contributed by atoms with Gasteiger partial charge in [-0.1, -0.05) is 110 Å². The Hall–Kier alpha value is -4.30. The molecule has 5 aromatic rings. The molecule has 2 spiro atoms. The predicted octanol–water partition coefficient (Wildman–Crippen LogP) is 15.0. The van der Waals surface area contributed by atoms with Crippen molar-refractivity contribution < 1.29 is 4.74 Å². The van der Waals surface area contributed by atoms with Crippen LogP contribution in [0.25, 0.3) is 11.1 Å². The van der Waals surface area contributed by atoms with Gasteiger partial charge < -0.3 is 9.64 Å². The molecule has 2 heteroatoms. The minimum absolute atomic E-state index is 0.00474. The molecule has 0 radical (unpaired) electrons. The third-order valence-electron chi connectivity index (χ3n) is 18.1. The highest BCUT2D eigenvalue weighted by Gasteiger charge is 2.84. The lowest BCUT2D eigenvalue weighted by Crippen LogP contribution is -2.74. The van der Waals surface area contributed by atoms with Crippen LogP contribution in [0.4, 0.5) is 17.1 Å². The Balaban J connectivity index is 1.07. The third-order valence-corrected chi connectivity index (χ3v) is 18.1. The molecule has 6 unspecified atom stereocenters. The maximum atomic E-state index is 7.14. The third kappa shape index (κ3) is 4.46. The lowest BCUT2D eigenvalue weighted by Gasteiger charge is -2.77. The molecular formula is C56H61NO. The number of fused-ring (bicyclic) bond motifs is 9. The van der Waals surface area contributed by atoms with Gasteiger partial charge >= 0.3 is 0 Å². The molecule has 12 rings (SSSR count). The second-order valence-corrected chi connectivity index (χ2v) is 22.8. The standard InChI is InChI=1S/C56H61NO/c1-51(2)22-24-53(5,6)44-30-38(15-19-41(44)51)57(39-16-20-42-45(31-39)54(7,8)25-23-52(42,3)4)40-17-21-47-46(32-40)56(49-27-34-26-37-29-50(56)55(37,49)33-34)43-18-14-36(28-48(43)58-47)35-12-10-9-11-13-35/h9-21,28,30-32,34,37,49-50H,22-27,29,33H2,1-8H3. The number of rotatable bonds is 4. The van der Waals surface area contributed by atoms with Crippen LogP contribution in [0.1, 0.15) is 140 Å². The molecule has 4 fully saturated rings. The molecule has 5 aromatic carbocycles. The second-order valence-electron chi connectivity index (χ2n) is 22.8. The summed E-state index contributed by atoms with van der Waals surface area (Å²) in [5.74, 6) is 5.35. The summed E-state index contributed by atoms with van der Waals surface area (Å²) in [6, 6.07) is 40.4. The summed E-state index contributed by atoms with van der Waals surface area (Å²) in [5, 5.41) is 0. The Labute approximate surface area is 347 Å². The first-order valence-electron chi connectivity index (χ1n) is 22.8. The zero-order valence-electron chi connectivity index (χ0n) is 36.1. The summed E-state index contributed by atoms with van der Waals surface area (Å²) in [5.41, 5.74) is 16.3. The average Bonchev–Trinajstić information content (AvgIpc) is 3.74. The van der Waals surface area contributed by atoms with E-state index < -0.39 is 0 Å². The first-order valence-corrected chi connectivity index (χ1v) is 22.8. The molecule has 2 nitrogen and oxygen atoms in total. The summed E-state index contributed by atoms with van der Waals surface area (Å²) in [4.78, 5) is 2.62. The number of ether oxygens (including phenoxy) is 1. The van der Waals surface area contributed by atoms with Gasteiger partial charge in [-0.3, -0.25) is 0 Å². The van der Waals surface area contributed by atoms with Crippen LogP contribution in [0.3, 0.4) is 0 Å². The van der Waals surface area contributed by atoms with Gasteiger partial charge in [0.25, 0.3) is 0 Å². The van der Waals surface area contributed by atoms with Crippen LogP contribution in [0.15, 0.2) is 103 Å². The van der Waals surface area contributed by atoms with Crippen LogP contribution >= 0.6 is 0 Å². The van der Waals surface area contributed by atoms with Crippen LogP contribution in [0, 0.1) is 29.1 Å². The predicted molar refractivity (Wildman–Crippen MR) is 239 cm³/mol. The maximum Gasteiger partial charge on any atom is 0.132 e. The van der Waals surface area contributed by atoms with Crippen LogP contribution in [0.5, 0.6) is 11.5 Å². The summed E-state index contributed by atoms with van der Waals surface area (Å²) in [6.07, 6.45) is 10.5. The fourth-order valence-electron chi connectivity index (χ4n) is 14.9. The number of anilines is 3. The molecule has 296 valence electrons. The fourth-order valence-corrected chi connectivity index (χ4v) is 14.9. The van der Waals surface area contributed by atoms with Gasteiger partial charge in [-0.15, -0.1) is 0 Å². The van der Waals surface area contributed by atoms with E-state index in [4.69, 9.17) is 4.74 Å². The van der Waals surface area contributed by atoms with Gasteiger partial charge in [0.05, 0.1) is 0 Å². The van der Waals surface area contributed by atoms with Crippen LogP contribution in [-0.2, 0) is 27.1 Å². The second kappa shape index (κ2) is 11.3. The Kier molecular flexibility index (Phi) is 6.93. The van der Waals surface area contributed by atoms with Crippen molar-refractivity contribution in [2.24, 2.45) is 29.1 Å². The van der Waals surface area contributed by atoms with Crippen molar-refractivity contribution in [3.8, 4) is 22.6 Å². The van der Waals surface area contributed by atoms with Gasteiger partial charge in [0.2, 0.25) is 0 Å². The van der Waals surface area contributed by atoms with E-state index in [1.54, 1.807) is 0 Å². The Morgan fingerprint density at radius 3 is 1.60 bits per heavy atom. The van der Waals surface area contributed by atoms with Gasteiger partial charge in [0, 0.05) is 33.6 Å². The quantitative estimate of drug-likeness (QED) is 0.181. The molecule has 1 aliphatic heterocycles. The van der Waals surface area contributed by atoms with Gasteiger partial charge in [-0.2, -0.15) is 0 Å². The first kappa shape index (κ1) is 35.6. The fraction of sp³-hybridized carbons (Fsp3) is 0.464. The van der Waals surface area contributed by atoms with E-state index in [0.29, 0.717) is 17.3 Å². The van der Waals surface area contributed by atoms with E-state index in [-0.39, 0.29) is 27.1 Å². The largest absolute Gasteiger partial charge is 0.457 e. The van der Waals surface area contributed by atoms with Crippen molar-refractivity contribution >= 4 is 17.1 Å². The van der Waals surface area contributed by atoms with Crippen LogP contribution in [0.2, 0.25) is 0 Å². The van der Waals surface area contributed by atoms with E-state index in [0.717, 1.165) is 23.3 Å². The molecule has 6 atom stereocenters. The molecule has 4 saturated carbocycles. The highest BCUT2D eigenvalue weighted by atomic mass is 16.5. The van der Waals surface area contributed by atoms with E-state index in [2.05, 4.69) is 163 Å². The molecule has 0 N–H and O–H groups in total. The van der Waals surface area contributed by atoms with Crippen molar-refractivity contribution in [1.29, 1.82) is 0 Å². The molecule has 0 aromatic heterocycles. The van der Waals surface area contributed by atoms with E-state index in [1.165, 1.54) is 113 Å². The van der Waals surface area contributed by atoms with Gasteiger partial charge in [-0.25, -0.2) is 0 Å². The van der Waals surface area contributed by atoms with Gasteiger partial charge in [-0.05, 0) is 184 Å². The lowest BCUT2D eigenvalue weighted by molar-refractivity contribution is -0.235. The summed E-state index contributed by atoms with van der Waals surface area (Å²) in [7, 11) is 0.